The largest absolute Gasteiger partial charge is 0.345 e. The van der Waals surface area contributed by atoms with Crippen LogP contribution in [0.25, 0.3) is 0 Å². The van der Waals surface area contributed by atoms with Gasteiger partial charge in [0.2, 0.25) is 5.91 Å². The first kappa shape index (κ1) is 14.1. The molecule has 0 aromatic carbocycles. The van der Waals surface area contributed by atoms with Crippen LogP contribution in [0.1, 0.15) is 38.5 Å². The van der Waals surface area contributed by atoms with E-state index in [0.29, 0.717) is 17.2 Å². The number of rotatable bonds is 4. The number of nitrogens with one attached hydrogen (secondary N) is 1. The molecule has 1 saturated heterocycles. The molecule has 3 aliphatic rings. The number of hydrogen-bond acceptors (Lipinski definition) is 2. The summed E-state index contributed by atoms with van der Waals surface area (Å²) < 4.78 is 0. The monoisotopic (exact) mass is 272 g/mol. The van der Waals surface area contributed by atoms with Gasteiger partial charge in [-0.3, -0.25) is 4.79 Å². The van der Waals surface area contributed by atoms with E-state index in [1.165, 1.54) is 32.1 Å². The zero-order chi connectivity index (χ0) is 11.9. The molecule has 2 saturated carbocycles. The second kappa shape index (κ2) is 5.38. The second-order valence-electron chi connectivity index (χ2n) is 6.36. The zero-order valence-electron chi connectivity index (χ0n) is 11.3. The Bertz CT molecular complexity index is 311. The second-order valence-corrected chi connectivity index (χ2v) is 6.36. The summed E-state index contributed by atoms with van der Waals surface area (Å²) >= 11 is 0. The fraction of sp³-hybridized carbons (Fsp3) is 0.929. The zero-order valence-corrected chi connectivity index (χ0v) is 12.1. The number of halogens is 1. The molecule has 1 N–H and O–H groups in total. The van der Waals surface area contributed by atoms with Crippen LogP contribution in [0, 0.1) is 17.3 Å². The Balaban J connectivity index is 0.00000120. The van der Waals surface area contributed by atoms with Gasteiger partial charge >= 0.3 is 0 Å². The summed E-state index contributed by atoms with van der Waals surface area (Å²) in [6.07, 6.45) is 7.58. The van der Waals surface area contributed by atoms with Crippen LogP contribution >= 0.6 is 12.4 Å². The molecule has 3 fully saturated rings. The lowest BCUT2D eigenvalue weighted by atomic mass is 9.91. The highest BCUT2D eigenvalue weighted by Crippen LogP contribution is 2.59. The maximum Gasteiger partial charge on any atom is 0.226 e. The van der Waals surface area contributed by atoms with Gasteiger partial charge in [0, 0.05) is 19.5 Å². The van der Waals surface area contributed by atoms with Crippen molar-refractivity contribution in [1.29, 1.82) is 0 Å². The molecule has 1 amide bonds. The summed E-state index contributed by atoms with van der Waals surface area (Å²) in [4.78, 5) is 14.3. The van der Waals surface area contributed by atoms with Crippen LogP contribution in [0.15, 0.2) is 0 Å². The van der Waals surface area contributed by atoms with E-state index in [-0.39, 0.29) is 12.4 Å². The standard InChI is InChI=1S/C14H24N2O.ClH/c1-16(9-4-11-2-3-11)13(17)12-10-14(12)5-7-15-8-6-14;/h11-12,15H,2-10H2,1H3;1H. The lowest BCUT2D eigenvalue weighted by Gasteiger charge is -2.25. The predicted molar refractivity (Wildman–Crippen MR) is 74.9 cm³/mol. The summed E-state index contributed by atoms with van der Waals surface area (Å²) in [5.41, 5.74) is 0.399. The number of nitrogens with zero attached hydrogens (tertiary/aromatic N) is 1. The van der Waals surface area contributed by atoms with Crippen molar-refractivity contribution in [2.24, 2.45) is 17.3 Å². The maximum atomic E-state index is 12.3. The van der Waals surface area contributed by atoms with Crippen LogP contribution in [0.5, 0.6) is 0 Å². The van der Waals surface area contributed by atoms with E-state index in [1.54, 1.807) is 0 Å². The molecule has 1 aliphatic heterocycles. The number of amides is 1. The highest BCUT2D eigenvalue weighted by Gasteiger charge is 2.58. The predicted octanol–water partition coefficient (Wildman–Crippen LogP) is 2.06. The molecule has 104 valence electrons. The lowest BCUT2D eigenvalue weighted by molar-refractivity contribution is -0.132. The quantitative estimate of drug-likeness (QED) is 0.850. The van der Waals surface area contributed by atoms with Crippen LogP contribution in [0.3, 0.4) is 0 Å². The molecule has 1 unspecified atom stereocenters. The Kier molecular flexibility index (Phi) is 4.22. The minimum absolute atomic E-state index is 0. The van der Waals surface area contributed by atoms with Gasteiger partial charge in [0.25, 0.3) is 0 Å². The Morgan fingerprint density at radius 1 is 1.33 bits per heavy atom. The van der Waals surface area contributed by atoms with E-state index >= 15 is 0 Å². The van der Waals surface area contributed by atoms with Crippen LogP contribution < -0.4 is 5.32 Å². The lowest BCUT2D eigenvalue weighted by Crippen LogP contribution is -2.35. The van der Waals surface area contributed by atoms with Crippen LogP contribution in [0.2, 0.25) is 0 Å². The van der Waals surface area contributed by atoms with E-state index in [4.69, 9.17) is 0 Å². The first-order valence-corrected chi connectivity index (χ1v) is 7.17. The third-order valence-electron chi connectivity index (χ3n) is 5.03. The van der Waals surface area contributed by atoms with Crippen molar-refractivity contribution in [1.82, 2.24) is 10.2 Å². The van der Waals surface area contributed by atoms with Gasteiger partial charge in [-0.25, -0.2) is 0 Å². The molecule has 0 aromatic heterocycles. The highest BCUT2D eigenvalue weighted by molar-refractivity contribution is 5.85. The minimum Gasteiger partial charge on any atom is -0.345 e. The molecule has 1 spiro atoms. The molecule has 4 heteroatoms. The smallest absolute Gasteiger partial charge is 0.226 e. The van der Waals surface area contributed by atoms with E-state index in [2.05, 4.69) is 5.32 Å². The fourth-order valence-corrected chi connectivity index (χ4v) is 3.33. The van der Waals surface area contributed by atoms with E-state index in [9.17, 15) is 4.79 Å². The van der Waals surface area contributed by atoms with Gasteiger partial charge < -0.3 is 10.2 Å². The molecule has 0 aromatic rings. The Hall–Kier alpha value is -0.280. The van der Waals surface area contributed by atoms with Crippen LogP contribution in [0.4, 0.5) is 0 Å². The maximum absolute atomic E-state index is 12.3. The first-order valence-electron chi connectivity index (χ1n) is 7.17. The average molecular weight is 273 g/mol. The Morgan fingerprint density at radius 3 is 2.61 bits per heavy atom. The van der Waals surface area contributed by atoms with Crippen molar-refractivity contribution in [3.63, 3.8) is 0 Å². The van der Waals surface area contributed by atoms with Crippen LogP contribution in [-0.4, -0.2) is 37.5 Å². The summed E-state index contributed by atoms with van der Waals surface area (Å²) in [5, 5.41) is 3.39. The molecule has 3 rings (SSSR count). The van der Waals surface area contributed by atoms with Gasteiger partial charge in [-0.2, -0.15) is 0 Å². The Labute approximate surface area is 116 Å². The number of carbonyl (C=O) groups excluding carboxylic acids is 1. The molecule has 2 aliphatic carbocycles. The van der Waals surface area contributed by atoms with E-state index < -0.39 is 0 Å². The molecule has 0 bridgehead atoms. The van der Waals surface area contributed by atoms with E-state index in [1.807, 2.05) is 11.9 Å². The van der Waals surface area contributed by atoms with Gasteiger partial charge in [0.15, 0.2) is 0 Å². The first-order chi connectivity index (χ1) is 8.21. The summed E-state index contributed by atoms with van der Waals surface area (Å²) in [5.74, 6) is 1.71. The topological polar surface area (TPSA) is 32.3 Å². The molecule has 0 radical (unpaired) electrons. The van der Waals surface area contributed by atoms with Gasteiger partial charge in [-0.1, -0.05) is 12.8 Å². The van der Waals surface area contributed by atoms with Crippen LogP contribution in [-0.2, 0) is 4.79 Å². The summed E-state index contributed by atoms with van der Waals surface area (Å²) in [6.45, 7) is 3.19. The number of carbonyl (C=O) groups is 1. The SMILES string of the molecule is CN(CCC1CC1)C(=O)C1CC12CCNCC2.Cl. The van der Waals surface area contributed by atoms with Crippen molar-refractivity contribution >= 4 is 18.3 Å². The van der Waals surface area contributed by atoms with Crippen molar-refractivity contribution < 1.29 is 4.79 Å². The number of piperidine rings is 1. The van der Waals surface area contributed by atoms with Gasteiger partial charge in [-0.05, 0) is 50.1 Å². The number of hydrogen-bond donors (Lipinski definition) is 1. The van der Waals surface area contributed by atoms with Gasteiger partial charge in [0.1, 0.15) is 0 Å². The third kappa shape index (κ3) is 2.83. The normalized spacial score (nSPS) is 28.6. The summed E-state index contributed by atoms with van der Waals surface area (Å²) in [6, 6.07) is 0. The van der Waals surface area contributed by atoms with Crippen molar-refractivity contribution in [3.05, 3.63) is 0 Å². The third-order valence-corrected chi connectivity index (χ3v) is 5.03. The minimum atomic E-state index is 0. The van der Waals surface area contributed by atoms with Crippen molar-refractivity contribution in [3.8, 4) is 0 Å². The molecular formula is C14H25ClN2O. The molecule has 18 heavy (non-hydrogen) atoms. The van der Waals surface area contributed by atoms with Crippen molar-refractivity contribution in [2.45, 2.75) is 38.5 Å². The molecular weight excluding hydrogens is 248 g/mol. The average Bonchev–Trinajstić information content (AvgIpc) is 3.24. The fourth-order valence-electron chi connectivity index (χ4n) is 3.33. The summed E-state index contributed by atoms with van der Waals surface area (Å²) in [7, 11) is 2.00. The molecule has 1 atom stereocenters. The van der Waals surface area contributed by atoms with Gasteiger partial charge in [-0.15, -0.1) is 12.4 Å². The van der Waals surface area contributed by atoms with E-state index in [0.717, 1.165) is 32.0 Å². The Morgan fingerprint density at radius 2 is 2.00 bits per heavy atom. The highest BCUT2D eigenvalue weighted by atomic mass is 35.5. The van der Waals surface area contributed by atoms with Crippen molar-refractivity contribution in [2.75, 3.05) is 26.7 Å². The molecule has 3 nitrogen and oxygen atoms in total. The molecule has 1 heterocycles. The van der Waals surface area contributed by atoms with Gasteiger partial charge in [0.05, 0.1) is 0 Å².